The molecule has 1 heterocycles. The van der Waals surface area contributed by atoms with Gasteiger partial charge in [-0.25, -0.2) is 0 Å². The number of anilines is 1. The second-order valence-electron chi connectivity index (χ2n) is 7.56. The number of hydrogen-bond acceptors (Lipinski definition) is 2. The molecule has 1 aromatic rings. The highest BCUT2D eigenvalue weighted by Gasteiger charge is 2.50. The average molecular weight is 352 g/mol. The number of benzene rings is 1. The maximum atomic E-state index is 12.5. The number of rotatable bonds is 3. The maximum absolute atomic E-state index is 12.5. The summed E-state index contributed by atoms with van der Waals surface area (Å²) in [6.07, 6.45) is 5.84. The molecule has 1 spiro atoms. The molecule has 1 amide bonds. The molecule has 1 aliphatic carbocycles. The van der Waals surface area contributed by atoms with Gasteiger partial charge in [-0.2, -0.15) is 0 Å². The second kappa shape index (κ2) is 6.33. The van der Waals surface area contributed by atoms with Gasteiger partial charge in [0.1, 0.15) is 0 Å². The zero-order chi connectivity index (χ0) is 16.7. The normalized spacial score (nSPS) is 28.6. The van der Waals surface area contributed by atoms with Crippen LogP contribution in [0, 0.1) is 11.3 Å². The van der Waals surface area contributed by atoms with Crippen LogP contribution in [-0.4, -0.2) is 16.5 Å². The van der Waals surface area contributed by atoms with Crippen LogP contribution in [-0.2, 0) is 4.79 Å². The van der Waals surface area contributed by atoms with Crippen molar-refractivity contribution in [2.75, 3.05) is 10.7 Å². The standard InChI is InChI=1S/C19H26ClNOS/c1-4-18(2,3)14-9-11-19(12-10-14)21(17(22)13-23-19)16-7-5-15(20)6-8-16/h5-8,14H,4,9-13H2,1-3H3. The van der Waals surface area contributed by atoms with Gasteiger partial charge in [-0.05, 0) is 61.3 Å². The lowest BCUT2D eigenvalue weighted by Crippen LogP contribution is -2.48. The Bertz CT molecular complexity index is 576. The van der Waals surface area contributed by atoms with Crippen molar-refractivity contribution < 1.29 is 4.79 Å². The van der Waals surface area contributed by atoms with E-state index in [1.54, 1.807) is 0 Å². The minimum atomic E-state index is -0.0365. The lowest BCUT2D eigenvalue weighted by Gasteiger charge is -2.46. The largest absolute Gasteiger partial charge is 0.297 e. The highest BCUT2D eigenvalue weighted by molar-refractivity contribution is 8.02. The molecule has 23 heavy (non-hydrogen) atoms. The lowest BCUT2D eigenvalue weighted by atomic mass is 9.68. The minimum Gasteiger partial charge on any atom is -0.297 e. The Morgan fingerprint density at radius 2 is 1.87 bits per heavy atom. The van der Waals surface area contributed by atoms with E-state index in [-0.39, 0.29) is 10.8 Å². The van der Waals surface area contributed by atoms with Crippen molar-refractivity contribution >= 4 is 35.0 Å². The molecule has 2 aliphatic rings. The number of amides is 1. The first-order valence-electron chi connectivity index (χ1n) is 8.60. The van der Waals surface area contributed by atoms with Crippen LogP contribution in [0.25, 0.3) is 0 Å². The van der Waals surface area contributed by atoms with Crippen molar-refractivity contribution in [1.82, 2.24) is 0 Å². The summed E-state index contributed by atoms with van der Waals surface area (Å²) in [5.41, 5.74) is 1.40. The second-order valence-corrected chi connectivity index (χ2v) is 9.33. The zero-order valence-electron chi connectivity index (χ0n) is 14.3. The number of halogens is 1. The van der Waals surface area contributed by atoms with Gasteiger partial charge in [0.25, 0.3) is 0 Å². The van der Waals surface area contributed by atoms with E-state index in [2.05, 4.69) is 25.7 Å². The van der Waals surface area contributed by atoms with Gasteiger partial charge in [-0.1, -0.05) is 38.8 Å². The van der Waals surface area contributed by atoms with E-state index in [1.807, 2.05) is 36.0 Å². The molecule has 1 aliphatic heterocycles. The number of hydrogen-bond donors (Lipinski definition) is 0. The van der Waals surface area contributed by atoms with E-state index in [0.717, 1.165) is 29.5 Å². The molecule has 0 atom stereocenters. The highest BCUT2D eigenvalue weighted by Crippen LogP contribution is 2.53. The smallest absolute Gasteiger partial charge is 0.238 e. The van der Waals surface area contributed by atoms with Gasteiger partial charge in [-0.15, -0.1) is 11.8 Å². The summed E-state index contributed by atoms with van der Waals surface area (Å²) >= 11 is 7.85. The monoisotopic (exact) mass is 351 g/mol. The van der Waals surface area contributed by atoms with Crippen molar-refractivity contribution in [3.05, 3.63) is 29.3 Å². The van der Waals surface area contributed by atoms with Crippen LogP contribution in [0.3, 0.4) is 0 Å². The molecule has 126 valence electrons. The van der Waals surface area contributed by atoms with Crippen LogP contribution in [0.15, 0.2) is 24.3 Å². The van der Waals surface area contributed by atoms with Crippen molar-refractivity contribution in [1.29, 1.82) is 0 Å². The Hall–Kier alpha value is -0.670. The fourth-order valence-corrected chi connectivity index (χ4v) is 5.54. The van der Waals surface area contributed by atoms with E-state index in [9.17, 15) is 4.79 Å². The predicted octanol–water partition coefficient (Wildman–Crippen LogP) is 5.74. The third kappa shape index (κ3) is 3.15. The number of carbonyl (C=O) groups excluding carboxylic acids is 1. The molecular weight excluding hydrogens is 326 g/mol. The first kappa shape index (κ1) is 17.2. The van der Waals surface area contributed by atoms with Crippen LogP contribution in [0.1, 0.15) is 52.9 Å². The van der Waals surface area contributed by atoms with Gasteiger partial charge in [0.15, 0.2) is 0 Å². The average Bonchev–Trinajstić information content (AvgIpc) is 2.85. The highest BCUT2D eigenvalue weighted by atomic mass is 35.5. The molecule has 2 nitrogen and oxygen atoms in total. The summed E-state index contributed by atoms with van der Waals surface area (Å²) in [4.78, 5) is 14.6. The molecule has 0 aromatic heterocycles. The Labute approximate surface area is 149 Å². The maximum Gasteiger partial charge on any atom is 0.238 e. The van der Waals surface area contributed by atoms with Gasteiger partial charge in [0, 0.05) is 10.7 Å². The van der Waals surface area contributed by atoms with E-state index >= 15 is 0 Å². The molecule has 0 bridgehead atoms. The van der Waals surface area contributed by atoms with Crippen molar-refractivity contribution in [2.45, 2.75) is 57.7 Å². The van der Waals surface area contributed by atoms with Crippen LogP contribution in [0.2, 0.25) is 5.02 Å². The minimum absolute atomic E-state index is 0.0365. The first-order valence-corrected chi connectivity index (χ1v) is 9.97. The molecule has 0 N–H and O–H groups in total. The first-order chi connectivity index (χ1) is 10.9. The summed E-state index contributed by atoms with van der Waals surface area (Å²) in [5, 5.41) is 0.718. The van der Waals surface area contributed by atoms with Crippen LogP contribution >= 0.6 is 23.4 Å². The molecule has 3 rings (SSSR count). The number of thioether (sulfide) groups is 1. The third-order valence-electron chi connectivity index (χ3n) is 5.99. The summed E-state index contributed by atoms with van der Waals surface area (Å²) < 4.78 is 0. The summed E-state index contributed by atoms with van der Waals surface area (Å²) in [6, 6.07) is 7.73. The molecule has 2 fully saturated rings. The Morgan fingerprint density at radius 3 is 2.43 bits per heavy atom. The van der Waals surface area contributed by atoms with Crippen LogP contribution < -0.4 is 4.90 Å². The molecular formula is C19H26ClNOS. The van der Waals surface area contributed by atoms with Crippen molar-refractivity contribution in [3.8, 4) is 0 Å². The van der Waals surface area contributed by atoms with Gasteiger partial charge < -0.3 is 0 Å². The molecule has 1 saturated carbocycles. The Morgan fingerprint density at radius 1 is 1.26 bits per heavy atom. The van der Waals surface area contributed by atoms with Gasteiger partial charge >= 0.3 is 0 Å². The molecule has 0 radical (unpaired) electrons. The van der Waals surface area contributed by atoms with Crippen LogP contribution in [0.4, 0.5) is 5.69 Å². The SMILES string of the molecule is CCC(C)(C)C1CCC2(CC1)SCC(=O)N2c1ccc(Cl)cc1. The van der Waals surface area contributed by atoms with Crippen molar-refractivity contribution in [3.63, 3.8) is 0 Å². The van der Waals surface area contributed by atoms with Gasteiger partial charge in [-0.3, -0.25) is 9.69 Å². The molecule has 4 heteroatoms. The number of nitrogens with zero attached hydrogens (tertiary/aromatic N) is 1. The lowest BCUT2D eigenvalue weighted by molar-refractivity contribution is -0.116. The van der Waals surface area contributed by atoms with Gasteiger partial charge in [0.2, 0.25) is 5.91 Å². The Kier molecular flexibility index (Phi) is 4.72. The number of carbonyl (C=O) groups is 1. The Balaban J connectivity index is 1.82. The fraction of sp³-hybridized carbons (Fsp3) is 0.632. The van der Waals surface area contributed by atoms with E-state index in [4.69, 9.17) is 11.6 Å². The molecule has 1 saturated heterocycles. The topological polar surface area (TPSA) is 20.3 Å². The summed E-state index contributed by atoms with van der Waals surface area (Å²) in [5.74, 6) is 1.61. The van der Waals surface area contributed by atoms with Crippen LogP contribution in [0.5, 0.6) is 0 Å². The molecule has 0 unspecified atom stereocenters. The van der Waals surface area contributed by atoms with Crippen molar-refractivity contribution in [2.24, 2.45) is 11.3 Å². The predicted molar refractivity (Wildman–Crippen MR) is 100 cm³/mol. The third-order valence-corrected chi connectivity index (χ3v) is 7.76. The fourth-order valence-electron chi connectivity index (χ4n) is 4.03. The van der Waals surface area contributed by atoms with E-state index in [0.29, 0.717) is 11.2 Å². The molecule has 1 aromatic carbocycles. The zero-order valence-corrected chi connectivity index (χ0v) is 15.8. The van der Waals surface area contributed by atoms with E-state index in [1.165, 1.54) is 19.3 Å². The quantitative estimate of drug-likeness (QED) is 0.691. The van der Waals surface area contributed by atoms with Gasteiger partial charge in [0.05, 0.1) is 10.6 Å². The summed E-state index contributed by atoms with van der Waals surface area (Å²) in [7, 11) is 0. The summed E-state index contributed by atoms with van der Waals surface area (Å²) in [6.45, 7) is 7.07. The van der Waals surface area contributed by atoms with E-state index < -0.39 is 0 Å².